The summed E-state index contributed by atoms with van der Waals surface area (Å²) in [5.74, 6) is -0.433. The molecule has 0 spiro atoms. The van der Waals surface area contributed by atoms with Crippen LogP contribution in [0.25, 0.3) is 5.70 Å². The van der Waals surface area contributed by atoms with Crippen molar-refractivity contribution < 1.29 is 9.13 Å². The van der Waals surface area contributed by atoms with Crippen molar-refractivity contribution >= 4 is 29.9 Å². The van der Waals surface area contributed by atoms with E-state index >= 15 is 0 Å². The molecular formula is C12H15ClFNOS. The van der Waals surface area contributed by atoms with Gasteiger partial charge in [-0.3, -0.25) is 0 Å². The highest BCUT2D eigenvalue weighted by Crippen LogP contribution is 2.31. The average Bonchev–Trinajstić information content (AvgIpc) is 2.31. The van der Waals surface area contributed by atoms with E-state index in [-0.39, 0.29) is 10.8 Å². The first kappa shape index (κ1) is 14.2. The number of hydrogen-bond acceptors (Lipinski definition) is 3. The van der Waals surface area contributed by atoms with E-state index in [9.17, 15) is 4.39 Å². The summed E-state index contributed by atoms with van der Waals surface area (Å²) in [5.41, 5.74) is 6.47. The molecule has 5 heteroatoms. The molecule has 0 saturated heterocycles. The number of rotatable bonds is 5. The third-order valence-corrected chi connectivity index (χ3v) is 2.77. The molecule has 94 valence electrons. The largest absolute Gasteiger partial charge is 0.489 e. The number of ether oxygens (including phenoxy) is 1. The van der Waals surface area contributed by atoms with Crippen molar-refractivity contribution in [3.63, 3.8) is 0 Å². The van der Waals surface area contributed by atoms with Gasteiger partial charge in [0.25, 0.3) is 0 Å². The van der Waals surface area contributed by atoms with Gasteiger partial charge in [0.15, 0.2) is 11.6 Å². The topological polar surface area (TPSA) is 35.2 Å². The second-order valence-corrected chi connectivity index (χ2v) is 4.22. The fourth-order valence-corrected chi connectivity index (χ4v) is 1.67. The fraction of sp³-hybridized carbons (Fsp3) is 0.333. The van der Waals surface area contributed by atoms with Crippen LogP contribution in [0.2, 0.25) is 5.02 Å². The van der Waals surface area contributed by atoms with E-state index in [1.54, 1.807) is 6.07 Å². The third-order valence-electron chi connectivity index (χ3n) is 2.21. The van der Waals surface area contributed by atoms with Gasteiger partial charge in [0.2, 0.25) is 0 Å². The van der Waals surface area contributed by atoms with Crippen LogP contribution in [0.4, 0.5) is 4.39 Å². The molecule has 2 N–H and O–H groups in total. The lowest BCUT2D eigenvalue weighted by atomic mass is 10.1. The molecule has 0 heterocycles. The summed E-state index contributed by atoms with van der Waals surface area (Å²) in [4.78, 5) is 0. The van der Waals surface area contributed by atoms with E-state index in [1.165, 1.54) is 11.5 Å². The summed E-state index contributed by atoms with van der Waals surface area (Å²) in [6.07, 6.45) is 1.84. The van der Waals surface area contributed by atoms with Crippen molar-refractivity contribution in [1.29, 1.82) is 0 Å². The van der Waals surface area contributed by atoms with Crippen LogP contribution in [0.5, 0.6) is 5.75 Å². The lowest BCUT2D eigenvalue weighted by molar-refractivity contribution is 0.294. The average molecular weight is 276 g/mol. The maximum absolute atomic E-state index is 13.7. The minimum atomic E-state index is -0.512. The van der Waals surface area contributed by atoms with E-state index in [0.29, 0.717) is 17.9 Å². The van der Waals surface area contributed by atoms with Crippen LogP contribution < -0.4 is 10.5 Å². The van der Waals surface area contributed by atoms with Crippen LogP contribution >= 0.6 is 24.2 Å². The van der Waals surface area contributed by atoms with Crippen molar-refractivity contribution in [2.45, 2.75) is 19.8 Å². The first-order chi connectivity index (χ1) is 8.10. The van der Waals surface area contributed by atoms with Gasteiger partial charge in [-0.25, -0.2) is 4.39 Å². The normalized spacial score (nSPS) is 11.6. The Morgan fingerprint density at radius 3 is 2.82 bits per heavy atom. The highest BCUT2D eigenvalue weighted by Gasteiger charge is 2.12. The molecule has 0 fully saturated rings. The Morgan fingerprint density at radius 1 is 1.59 bits per heavy atom. The van der Waals surface area contributed by atoms with Gasteiger partial charge in [0, 0.05) is 11.3 Å². The molecule has 1 rings (SSSR count). The van der Waals surface area contributed by atoms with Gasteiger partial charge in [-0.05, 0) is 24.0 Å². The van der Waals surface area contributed by atoms with Crippen LogP contribution in [-0.4, -0.2) is 6.61 Å². The Balaban J connectivity index is 2.94. The van der Waals surface area contributed by atoms with Crippen LogP contribution in [0.1, 0.15) is 25.3 Å². The van der Waals surface area contributed by atoms with E-state index in [2.05, 4.69) is 12.6 Å². The minimum absolute atomic E-state index is 0.0795. The Labute approximate surface area is 111 Å². The number of halogens is 2. The van der Waals surface area contributed by atoms with E-state index < -0.39 is 5.82 Å². The molecule has 2 nitrogen and oxygen atoms in total. The van der Waals surface area contributed by atoms with E-state index in [0.717, 1.165) is 12.8 Å². The summed E-state index contributed by atoms with van der Waals surface area (Å²) >= 11 is 9.85. The van der Waals surface area contributed by atoms with Gasteiger partial charge >= 0.3 is 0 Å². The quantitative estimate of drug-likeness (QED) is 0.632. The standard InChI is InChI=1S/C12H15ClFNOS/c1-2-3-4-16-12-9(13)5-8(6-10(12)14)11(15)7-17/h5-7,17H,2-4,15H2,1H3/b11-7-. The van der Waals surface area contributed by atoms with Gasteiger partial charge in [0.1, 0.15) is 0 Å². The highest BCUT2D eigenvalue weighted by molar-refractivity contribution is 7.83. The molecule has 1 aromatic rings. The van der Waals surface area contributed by atoms with Crippen molar-refractivity contribution in [2.24, 2.45) is 5.73 Å². The number of unbranched alkanes of at least 4 members (excludes halogenated alkanes) is 1. The zero-order chi connectivity index (χ0) is 12.8. The first-order valence-corrected chi connectivity index (χ1v) is 6.21. The lowest BCUT2D eigenvalue weighted by Gasteiger charge is -2.10. The summed E-state index contributed by atoms with van der Waals surface area (Å²) in [6.45, 7) is 2.48. The van der Waals surface area contributed by atoms with Crippen molar-refractivity contribution in [3.8, 4) is 5.75 Å². The predicted molar refractivity (Wildman–Crippen MR) is 73.0 cm³/mol. The molecule has 1 aromatic carbocycles. The maximum atomic E-state index is 13.7. The first-order valence-electron chi connectivity index (χ1n) is 5.32. The van der Waals surface area contributed by atoms with Gasteiger partial charge < -0.3 is 10.5 Å². The van der Waals surface area contributed by atoms with Gasteiger partial charge in [-0.1, -0.05) is 24.9 Å². The summed E-state index contributed by atoms with van der Waals surface area (Å²) in [5, 5.41) is 1.61. The molecule has 0 bridgehead atoms. The van der Waals surface area contributed by atoms with Crippen LogP contribution in [-0.2, 0) is 0 Å². The van der Waals surface area contributed by atoms with Crippen LogP contribution in [0.3, 0.4) is 0 Å². The fourth-order valence-electron chi connectivity index (χ4n) is 1.26. The Hall–Kier alpha value is -0.870. The molecule has 17 heavy (non-hydrogen) atoms. The predicted octanol–water partition coefficient (Wildman–Crippen LogP) is 3.84. The molecule has 0 saturated carbocycles. The smallest absolute Gasteiger partial charge is 0.173 e. The lowest BCUT2D eigenvalue weighted by Crippen LogP contribution is -2.02. The third kappa shape index (κ3) is 3.82. The molecule has 0 unspecified atom stereocenters. The molecule has 0 aliphatic rings. The SMILES string of the molecule is CCCCOc1c(F)cc(/C(N)=C/S)cc1Cl. The van der Waals surface area contributed by atoms with Gasteiger partial charge in [-0.2, -0.15) is 0 Å². The van der Waals surface area contributed by atoms with Crippen molar-refractivity contribution in [3.05, 3.63) is 33.9 Å². The number of nitrogens with two attached hydrogens (primary N) is 1. The summed E-state index contributed by atoms with van der Waals surface area (Å²) < 4.78 is 19.0. The zero-order valence-electron chi connectivity index (χ0n) is 9.54. The zero-order valence-corrected chi connectivity index (χ0v) is 11.2. The summed E-state index contributed by atoms with van der Waals surface area (Å²) in [7, 11) is 0. The van der Waals surface area contributed by atoms with Gasteiger partial charge in [0.05, 0.1) is 11.6 Å². The van der Waals surface area contributed by atoms with Gasteiger partial charge in [-0.15, -0.1) is 12.6 Å². The second kappa shape index (κ2) is 6.77. The monoisotopic (exact) mass is 275 g/mol. The Morgan fingerprint density at radius 2 is 2.29 bits per heavy atom. The molecule has 0 amide bonds. The molecule has 0 aliphatic carbocycles. The van der Waals surface area contributed by atoms with Crippen molar-refractivity contribution in [2.75, 3.05) is 6.61 Å². The molecule has 0 radical (unpaired) electrons. The van der Waals surface area contributed by atoms with Crippen molar-refractivity contribution in [1.82, 2.24) is 0 Å². The number of hydrogen-bond donors (Lipinski definition) is 2. The second-order valence-electron chi connectivity index (χ2n) is 3.56. The molecule has 0 aliphatic heterocycles. The molecule has 0 atom stereocenters. The molecule has 0 aromatic heterocycles. The van der Waals surface area contributed by atoms with E-state index in [4.69, 9.17) is 22.1 Å². The molecular weight excluding hydrogens is 261 g/mol. The van der Waals surface area contributed by atoms with E-state index in [1.807, 2.05) is 6.92 Å². The highest BCUT2D eigenvalue weighted by atomic mass is 35.5. The summed E-state index contributed by atoms with van der Waals surface area (Å²) in [6, 6.07) is 2.85. The maximum Gasteiger partial charge on any atom is 0.173 e. The Bertz CT molecular complexity index is 400. The van der Waals surface area contributed by atoms with Crippen LogP contribution in [0, 0.1) is 5.82 Å². The number of benzene rings is 1. The number of thiol groups is 1. The minimum Gasteiger partial charge on any atom is -0.489 e. The van der Waals surface area contributed by atoms with Crippen LogP contribution in [0.15, 0.2) is 17.5 Å². The Kier molecular flexibility index (Phi) is 5.65.